The maximum Gasteiger partial charge on any atom is 0.330 e. The van der Waals surface area contributed by atoms with Crippen LogP contribution in [0.3, 0.4) is 0 Å². The lowest BCUT2D eigenvalue weighted by Gasteiger charge is -2.04. The predicted octanol–water partition coefficient (Wildman–Crippen LogP) is 8.34. The quantitative estimate of drug-likeness (QED) is 0.0977. The van der Waals surface area contributed by atoms with E-state index in [0.29, 0.717) is 6.61 Å². The highest BCUT2D eigenvalue weighted by molar-refractivity contribution is 5.81. The molecule has 0 unspecified atom stereocenters. The normalized spacial score (nSPS) is 9.81. The smallest absolute Gasteiger partial charge is 0.330 e. The van der Waals surface area contributed by atoms with Crippen LogP contribution in [0.1, 0.15) is 110 Å². The third-order valence-electron chi connectivity index (χ3n) is 4.58. The number of allylic oxidation sites excluding steroid dienone is 2. The van der Waals surface area contributed by atoms with Crippen molar-refractivity contribution in [3.05, 3.63) is 38.0 Å². The summed E-state index contributed by atoms with van der Waals surface area (Å²) in [6, 6.07) is 0. The number of hydrogen-bond donors (Lipinski definition) is 0. The molecule has 0 aromatic heterocycles. The fraction of sp³-hybridized carbons (Fsp3) is 0.720. The molecule has 0 aliphatic rings. The first-order valence-electron chi connectivity index (χ1n) is 11.3. The summed E-state index contributed by atoms with van der Waals surface area (Å²) >= 11 is 0. The van der Waals surface area contributed by atoms with Crippen LogP contribution in [0.15, 0.2) is 38.0 Å². The highest BCUT2D eigenvalue weighted by atomic mass is 16.5. The van der Waals surface area contributed by atoms with E-state index >= 15 is 0 Å². The standard InChI is InChI=1S/C21H40O2.C4H6/c1-3-5-6-7-8-9-10-11-12-13-14-15-16-17-18-19-20-23-21(22)4-2;1-3-4-2/h4H,2-3,5-20H2,1H3;3-4H,1-2H2. The number of ether oxygens (including phenoxy) is 1. The van der Waals surface area contributed by atoms with Crippen molar-refractivity contribution in [2.45, 2.75) is 110 Å². The van der Waals surface area contributed by atoms with Gasteiger partial charge in [0.05, 0.1) is 6.61 Å². The molecule has 0 fully saturated rings. The van der Waals surface area contributed by atoms with E-state index < -0.39 is 0 Å². The first kappa shape index (κ1) is 27.9. The molecule has 0 aliphatic heterocycles. The molecule has 2 nitrogen and oxygen atoms in total. The zero-order valence-electron chi connectivity index (χ0n) is 18.2. The van der Waals surface area contributed by atoms with E-state index in [-0.39, 0.29) is 5.97 Å². The number of carbonyl (C=O) groups excluding carboxylic acids is 1. The number of esters is 1. The van der Waals surface area contributed by atoms with Gasteiger partial charge in [0.15, 0.2) is 0 Å². The van der Waals surface area contributed by atoms with E-state index in [1.807, 2.05) is 0 Å². The minimum Gasteiger partial charge on any atom is -0.463 e. The van der Waals surface area contributed by atoms with Crippen molar-refractivity contribution >= 4 is 5.97 Å². The Bertz CT molecular complexity index is 327. The Balaban J connectivity index is 0. The van der Waals surface area contributed by atoms with Gasteiger partial charge in [-0.1, -0.05) is 135 Å². The molecule has 0 radical (unpaired) electrons. The lowest BCUT2D eigenvalue weighted by Crippen LogP contribution is -2.01. The fourth-order valence-corrected chi connectivity index (χ4v) is 2.88. The van der Waals surface area contributed by atoms with Gasteiger partial charge in [0.1, 0.15) is 0 Å². The number of hydrogen-bond acceptors (Lipinski definition) is 2. The maximum atomic E-state index is 10.8. The van der Waals surface area contributed by atoms with Crippen molar-refractivity contribution in [3.63, 3.8) is 0 Å². The van der Waals surface area contributed by atoms with Crippen LogP contribution < -0.4 is 0 Å². The van der Waals surface area contributed by atoms with Crippen LogP contribution >= 0.6 is 0 Å². The Morgan fingerprint density at radius 3 is 1.26 bits per heavy atom. The summed E-state index contributed by atoms with van der Waals surface area (Å²) in [4.78, 5) is 10.8. The van der Waals surface area contributed by atoms with Crippen LogP contribution in [-0.4, -0.2) is 12.6 Å². The van der Waals surface area contributed by atoms with Gasteiger partial charge in [0.25, 0.3) is 0 Å². The van der Waals surface area contributed by atoms with Gasteiger partial charge in [0.2, 0.25) is 0 Å². The molecule has 0 amide bonds. The van der Waals surface area contributed by atoms with Gasteiger partial charge in [-0.2, -0.15) is 0 Å². The zero-order chi connectivity index (χ0) is 20.4. The summed E-state index contributed by atoms with van der Waals surface area (Å²) in [7, 11) is 0. The van der Waals surface area contributed by atoms with Gasteiger partial charge in [-0.05, 0) is 6.42 Å². The lowest BCUT2D eigenvalue weighted by atomic mass is 10.0. The van der Waals surface area contributed by atoms with Crippen LogP contribution in [0, 0.1) is 0 Å². The van der Waals surface area contributed by atoms with Crippen LogP contribution in [0.4, 0.5) is 0 Å². The number of rotatable bonds is 19. The molecule has 0 saturated carbocycles. The minimum absolute atomic E-state index is 0.300. The monoisotopic (exact) mass is 378 g/mol. The third kappa shape index (κ3) is 29.7. The molecule has 0 aromatic rings. The van der Waals surface area contributed by atoms with Crippen molar-refractivity contribution in [2.75, 3.05) is 6.61 Å². The van der Waals surface area contributed by atoms with E-state index in [2.05, 4.69) is 26.7 Å². The molecule has 0 bridgehead atoms. The summed E-state index contributed by atoms with van der Waals surface area (Å²) in [5.41, 5.74) is 0. The number of carbonyl (C=O) groups is 1. The first-order valence-corrected chi connectivity index (χ1v) is 11.3. The molecular formula is C25H46O2. The molecule has 0 atom stereocenters. The minimum atomic E-state index is -0.300. The summed E-state index contributed by atoms with van der Waals surface area (Å²) < 4.78 is 4.95. The molecule has 0 spiro atoms. The highest BCUT2D eigenvalue weighted by Crippen LogP contribution is 2.13. The van der Waals surface area contributed by atoms with E-state index in [9.17, 15) is 4.79 Å². The van der Waals surface area contributed by atoms with Gasteiger partial charge < -0.3 is 4.74 Å². The Morgan fingerprint density at radius 1 is 0.630 bits per heavy atom. The van der Waals surface area contributed by atoms with Crippen LogP contribution in [0.25, 0.3) is 0 Å². The van der Waals surface area contributed by atoms with Gasteiger partial charge in [0, 0.05) is 6.08 Å². The Kier molecular flexibility index (Phi) is 27.8. The van der Waals surface area contributed by atoms with Crippen LogP contribution in [0.5, 0.6) is 0 Å². The molecule has 0 rings (SSSR count). The van der Waals surface area contributed by atoms with Crippen molar-refractivity contribution in [2.24, 2.45) is 0 Å². The first-order chi connectivity index (χ1) is 13.2. The topological polar surface area (TPSA) is 26.3 Å². The van der Waals surface area contributed by atoms with Crippen molar-refractivity contribution in [1.29, 1.82) is 0 Å². The van der Waals surface area contributed by atoms with Crippen LogP contribution in [0.2, 0.25) is 0 Å². The van der Waals surface area contributed by atoms with E-state index in [1.165, 1.54) is 102 Å². The van der Waals surface area contributed by atoms with Crippen molar-refractivity contribution in [3.8, 4) is 0 Å². The summed E-state index contributed by atoms with van der Waals surface area (Å²) in [6.45, 7) is 12.9. The largest absolute Gasteiger partial charge is 0.463 e. The summed E-state index contributed by atoms with van der Waals surface area (Å²) in [6.07, 6.45) is 26.3. The van der Waals surface area contributed by atoms with Gasteiger partial charge in [-0.25, -0.2) is 4.79 Å². The second-order valence-corrected chi connectivity index (χ2v) is 7.15. The van der Waals surface area contributed by atoms with Crippen molar-refractivity contribution < 1.29 is 9.53 Å². The Labute approximate surface area is 170 Å². The zero-order valence-corrected chi connectivity index (χ0v) is 18.2. The van der Waals surface area contributed by atoms with Crippen LogP contribution in [-0.2, 0) is 9.53 Å². The van der Waals surface area contributed by atoms with Gasteiger partial charge >= 0.3 is 5.97 Å². The predicted molar refractivity (Wildman–Crippen MR) is 121 cm³/mol. The molecule has 2 heteroatoms. The van der Waals surface area contributed by atoms with E-state index in [1.54, 1.807) is 12.2 Å². The lowest BCUT2D eigenvalue weighted by molar-refractivity contribution is -0.137. The molecule has 0 aromatic carbocycles. The maximum absolute atomic E-state index is 10.8. The molecule has 0 N–H and O–H groups in total. The highest BCUT2D eigenvalue weighted by Gasteiger charge is 1.96. The van der Waals surface area contributed by atoms with Crippen molar-refractivity contribution in [1.82, 2.24) is 0 Å². The molecule has 158 valence electrons. The second kappa shape index (κ2) is 26.9. The number of unbranched alkanes of at least 4 members (excludes halogenated alkanes) is 15. The van der Waals surface area contributed by atoms with E-state index in [0.717, 1.165) is 6.42 Å². The average Bonchev–Trinajstić information content (AvgIpc) is 2.70. The van der Waals surface area contributed by atoms with Gasteiger partial charge in [-0.15, -0.1) is 0 Å². The van der Waals surface area contributed by atoms with E-state index in [4.69, 9.17) is 4.74 Å². The fourth-order valence-electron chi connectivity index (χ4n) is 2.88. The summed E-state index contributed by atoms with van der Waals surface area (Å²) in [5.74, 6) is -0.300. The van der Waals surface area contributed by atoms with Gasteiger partial charge in [-0.3, -0.25) is 0 Å². The second-order valence-electron chi connectivity index (χ2n) is 7.15. The molecule has 0 heterocycles. The molecule has 0 saturated heterocycles. The molecule has 27 heavy (non-hydrogen) atoms. The summed E-state index contributed by atoms with van der Waals surface area (Å²) in [5, 5.41) is 0. The average molecular weight is 379 g/mol. The molecular weight excluding hydrogens is 332 g/mol. The molecule has 0 aliphatic carbocycles. The Morgan fingerprint density at radius 2 is 0.963 bits per heavy atom. The third-order valence-corrected chi connectivity index (χ3v) is 4.58. The SMILES string of the molecule is C=CC(=O)OCCCCCCCCCCCCCCCCCC.C=CC=C. The Hall–Kier alpha value is -1.31.